The number of aromatic nitrogens is 1. The molecule has 0 saturated heterocycles. The lowest BCUT2D eigenvalue weighted by Gasteiger charge is -2.21. The van der Waals surface area contributed by atoms with Crippen LogP contribution in [-0.2, 0) is 10.0 Å². The van der Waals surface area contributed by atoms with E-state index in [4.69, 9.17) is 0 Å². The molecule has 0 aliphatic rings. The molecule has 118 valence electrons. The number of halogens is 1. The van der Waals surface area contributed by atoms with Gasteiger partial charge in [-0.2, -0.15) is 0 Å². The van der Waals surface area contributed by atoms with Crippen LogP contribution in [0, 0.1) is 0 Å². The van der Waals surface area contributed by atoms with Crippen LogP contribution in [0.1, 0.15) is 31.3 Å². The number of amides is 1. The van der Waals surface area contributed by atoms with Crippen LogP contribution >= 0.6 is 15.9 Å². The van der Waals surface area contributed by atoms with Gasteiger partial charge in [0.1, 0.15) is 5.69 Å². The van der Waals surface area contributed by atoms with Crippen LogP contribution in [0.4, 0.5) is 0 Å². The second kappa shape index (κ2) is 5.89. The standard InChI is InChI=1S/C15H17BrN2O3S/c1-15(2,3)17-14(19)13-12(16)9-10-18(13)22(20,21)11-7-5-4-6-8-11/h4-10H,1-3H3,(H,17,19). The Bertz CT molecular complexity index is 790. The van der Waals surface area contributed by atoms with Gasteiger partial charge in [-0.15, -0.1) is 0 Å². The predicted octanol–water partition coefficient (Wildman–Crippen LogP) is 3.02. The highest BCUT2D eigenvalue weighted by atomic mass is 79.9. The maximum Gasteiger partial charge on any atom is 0.270 e. The van der Waals surface area contributed by atoms with Crippen molar-refractivity contribution in [1.82, 2.24) is 9.29 Å². The fraction of sp³-hybridized carbons (Fsp3) is 0.267. The highest BCUT2D eigenvalue weighted by Gasteiger charge is 2.27. The number of nitrogens with one attached hydrogen (secondary N) is 1. The Kier molecular flexibility index (Phi) is 4.49. The van der Waals surface area contributed by atoms with Gasteiger partial charge in [0.2, 0.25) is 0 Å². The van der Waals surface area contributed by atoms with Crippen molar-refractivity contribution in [2.75, 3.05) is 0 Å². The highest BCUT2D eigenvalue weighted by Crippen LogP contribution is 2.24. The van der Waals surface area contributed by atoms with Crippen LogP contribution in [0.2, 0.25) is 0 Å². The molecule has 5 nitrogen and oxygen atoms in total. The number of carbonyl (C=O) groups excluding carboxylic acids is 1. The SMILES string of the molecule is CC(C)(C)NC(=O)c1c(Br)ccn1S(=O)(=O)c1ccccc1. The molecule has 1 aromatic carbocycles. The van der Waals surface area contributed by atoms with E-state index >= 15 is 0 Å². The van der Waals surface area contributed by atoms with Crippen molar-refractivity contribution < 1.29 is 13.2 Å². The Morgan fingerprint density at radius 2 is 1.73 bits per heavy atom. The summed E-state index contributed by atoms with van der Waals surface area (Å²) in [6.07, 6.45) is 1.37. The molecule has 0 aliphatic heterocycles. The number of hydrogen-bond donors (Lipinski definition) is 1. The van der Waals surface area contributed by atoms with Crippen molar-refractivity contribution >= 4 is 31.9 Å². The zero-order chi connectivity index (χ0) is 16.5. The van der Waals surface area contributed by atoms with E-state index in [2.05, 4.69) is 21.2 Å². The molecule has 2 rings (SSSR count). The number of carbonyl (C=O) groups is 1. The third-order valence-corrected chi connectivity index (χ3v) is 5.14. The first-order valence-corrected chi connectivity index (χ1v) is 8.86. The molecule has 0 fully saturated rings. The molecule has 0 spiro atoms. The van der Waals surface area contributed by atoms with Crippen LogP contribution in [0.3, 0.4) is 0 Å². The molecule has 0 unspecified atom stereocenters. The van der Waals surface area contributed by atoms with Crippen molar-refractivity contribution in [3.8, 4) is 0 Å². The lowest BCUT2D eigenvalue weighted by molar-refractivity contribution is 0.0912. The Labute approximate surface area is 138 Å². The lowest BCUT2D eigenvalue weighted by atomic mass is 10.1. The molecule has 0 radical (unpaired) electrons. The van der Waals surface area contributed by atoms with Gasteiger partial charge in [0.05, 0.1) is 4.90 Å². The molecule has 22 heavy (non-hydrogen) atoms. The normalized spacial score (nSPS) is 12.2. The topological polar surface area (TPSA) is 68.2 Å². The van der Waals surface area contributed by atoms with E-state index in [1.807, 2.05) is 20.8 Å². The minimum absolute atomic E-state index is 0.0544. The monoisotopic (exact) mass is 384 g/mol. The van der Waals surface area contributed by atoms with Crippen LogP contribution < -0.4 is 5.32 Å². The number of hydrogen-bond acceptors (Lipinski definition) is 3. The summed E-state index contributed by atoms with van der Waals surface area (Å²) in [6.45, 7) is 5.49. The van der Waals surface area contributed by atoms with E-state index in [-0.39, 0.29) is 10.6 Å². The Morgan fingerprint density at radius 3 is 2.27 bits per heavy atom. The van der Waals surface area contributed by atoms with E-state index in [1.54, 1.807) is 18.2 Å². The van der Waals surface area contributed by atoms with Gasteiger partial charge in [0.25, 0.3) is 15.9 Å². The van der Waals surface area contributed by atoms with Crippen LogP contribution in [-0.4, -0.2) is 23.8 Å². The van der Waals surface area contributed by atoms with Gasteiger partial charge in [-0.25, -0.2) is 12.4 Å². The molecule has 0 bridgehead atoms. The molecular formula is C15H17BrN2O3S. The van der Waals surface area contributed by atoms with Gasteiger partial charge in [-0.3, -0.25) is 4.79 Å². The van der Waals surface area contributed by atoms with Crippen LogP contribution in [0.25, 0.3) is 0 Å². The van der Waals surface area contributed by atoms with Gasteiger partial charge in [0, 0.05) is 16.2 Å². The van der Waals surface area contributed by atoms with E-state index in [9.17, 15) is 13.2 Å². The Morgan fingerprint density at radius 1 is 1.14 bits per heavy atom. The molecule has 1 amide bonds. The third-order valence-electron chi connectivity index (χ3n) is 2.81. The second-order valence-electron chi connectivity index (χ2n) is 5.83. The minimum atomic E-state index is -3.82. The molecular weight excluding hydrogens is 368 g/mol. The number of nitrogens with zero attached hydrogens (tertiary/aromatic N) is 1. The van der Waals surface area contributed by atoms with Crippen molar-refractivity contribution in [2.24, 2.45) is 0 Å². The zero-order valence-electron chi connectivity index (χ0n) is 12.5. The van der Waals surface area contributed by atoms with Gasteiger partial charge >= 0.3 is 0 Å². The number of benzene rings is 1. The summed E-state index contributed by atoms with van der Waals surface area (Å²) in [5.74, 6) is -0.455. The Balaban J connectivity index is 2.53. The maximum absolute atomic E-state index is 12.7. The summed E-state index contributed by atoms with van der Waals surface area (Å²) in [6, 6.07) is 9.54. The molecule has 1 aromatic heterocycles. The highest BCUT2D eigenvalue weighted by molar-refractivity contribution is 9.10. The summed E-state index contributed by atoms with van der Waals surface area (Å²) < 4.78 is 26.8. The first-order chi connectivity index (χ1) is 10.1. The van der Waals surface area contributed by atoms with Gasteiger partial charge in [0.15, 0.2) is 0 Å². The van der Waals surface area contributed by atoms with Crippen molar-refractivity contribution in [3.63, 3.8) is 0 Å². The number of rotatable bonds is 3. The summed E-state index contributed by atoms with van der Waals surface area (Å²) in [5, 5.41) is 2.77. The molecule has 0 saturated carbocycles. The zero-order valence-corrected chi connectivity index (χ0v) is 14.9. The fourth-order valence-electron chi connectivity index (χ4n) is 1.91. The van der Waals surface area contributed by atoms with Gasteiger partial charge < -0.3 is 5.32 Å². The molecule has 1 N–H and O–H groups in total. The van der Waals surface area contributed by atoms with Crippen molar-refractivity contribution in [1.29, 1.82) is 0 Å². The second-order valence-corrected chi connectivity index (χ2v) is 8.50. The summed E-state index contributed by atoms with van der Waals surface area (Å²) in [5.41, 5.74) is -0.416. The van der Waals surface area contributed by atoms with Crippen molar-refractivity contribution in [3.05, 3.63) is 52.8 Å². The average Bonchev–Trinajstić information content (AvgIpc) is 2.80. The first-order valence-electron chi connectivity index (χ1n) is 6.63. The lowest BCUT2D eigenvalue weighted by Crippen LogP contribution is -2.42. The van der Waals surface area contributed by atoms with E-state index < -0.39 is 21.5 Å². The van der Waals surface area contributed by atoms with E-state index in [0.29, 0.717) is 4.47 Å². The summed E-state index contributed by atoms with van der Waals surface area (Å²) >= 11 is 3.24. The van der Waals surface area contributed by atoms with Crippen LogP contribution in [0.15, 0.2) is 52.0 Å². The van der Waals surface area contributed by atoms with E-state index in [0.717, 1.165) is 3.97 Å². The smallest absolute Gasteiger partial charge is 0.270 e. The van der Waals surface area contributed by atoms with Crippen molar-refractivity contribution in [2.45, 2.75) is 31.2 Å². The quantitative estimate of drug-likeness (QED) is 0.883. The summed E-state index contributed by atoms with van der Waals surface area (Å²) in [7, 11) is -3.82. The molecule has 0 aliphatic carbocycles. The minimum Gasteiger partial charge on any atom is -0.346 e. The largest absolute Gasteiger partial charge is 0.346 e. The molecule has 0 atom stereocenters. The third kappa shape index (κ3) is 3.41. The van der Waals surface area contributed by atoms with Gasteiger partial charge in [-0.1, -0.05) is 18.2 Å². The molecule has 7 heteroatoms. The first kappa shape index (κ1) is 16.8. The van der Waals surface area contributed by atoms with Gasteiger partial charge in [-0.05, 0) is 54.9 Å². The fourth-order valence-corrected chi connectivity index (χ4v) is 3.88. The molecule has 2 aromatic rings. The average molecular weight is 385 g/mol. The van der Waals surface area contributed by atoms with Crippen LogP contribution in [0.5, 0.6) is 0 Å². The predicted molar refractivity (Wildman–Crippen MR) is 88.4 cm³/mol. The summed E-state index contributed by atoms with van der Waals surface area (Å²) in [4.78, 5) is 12.5. The van der Waals surface area contributed by atoms with E-state index in [1.165, 1.54) is 24.4 Å². The maximum atomic E-state index is 12.7. The Hall–Kier alpha value is -1.60. The molecule has 1 heterocycles.